The van der Waals surface area contributed by atoms with Crippen molar-refractivity contribution in [3.8, 4) is 0 Å². The maximum atomic E-state index is 12.5. The van der Waals surface area contributed by atoms with Gasteiger partial charge in [-0.2, -0.15) is 0 Å². The van der Waals surface area contributed by atoms with Gasteiger partial charge in [0.15, 0.2) is 9.84 Å². The molecule has 1 N–H and O–H groups in total. The number of hydrogen-bond donors (Lipinski definition) is 1. The Hall–Kier alpha value is -0.620. The fraction of sp³-hybridized carbons (Fsp3) is 0.923. The number of rotatable bonds is 3. The maximum absolute atomic E-state index is 12.5. The highest BCUT2D eigenvalue weighted by Crippen LogP contribution is 2.27. The fourth-order valence-electron chi connectivity index (χ4n) is 3.18. The lowest BCUT2D eigenvalue weighted by Gasteiger charge is -2.31. The highest BCUT2D eigenvalue weighted by Gasteiger charge is 2.40. The standard InChI is InChI=1S/C13H23NO4S/c1-10(15)9-11-5-4-7-14(11)13(16)12-6-2-3-8-19(12,17)18/h10-12,15H,2-9H2,1H3. The van der Waals surface area contributed by atoms with Crippen LogP contribution in [0.4, 0.5) is 0 Å². The van der Waals surface area contributed by atoms with Crippen molar-refractivity contribution in [1.82, 2.24) is 4.90 Å². The number of likely N-dealkylation sites (tertiary alicyclic amines) is 1. The van der Waals surface area contributed by atoms with Gasteiger partial charge in [-0.3, -0.25) is 4.79 Å². The van der Waals surface area contributed by atoms with E-state index in [-0.39, 0.29) is 17.7 Å². The number of amides is 1. The lowest BCUT2D eigenvalue weighted by molar-refractivity contribution is -0.132. The summed E-state index contributed by atoms with van der Waals surface area (Å²) in [7, 11) is -3.27. The minimum absolute atomic E-state index is 0.00428. The van der Waals surface area contributed by atoms with Crippen molar-refractivity contribution in [2.75, 3.05) is 12.3 Å². The third-order valence-corrected chi connectivity index (χ3v) is 6.29. The van der Waals surface area contributed by atoms with E-state index < -0.39 is 21.2 Å². The lowest BCUT2D eigenvalue weighted by atomic mass is 10.1. The Morgan fingerprint density at radius 3 is 2.68 bits per heavy atom. The Morgan fingerprint density at radius 2 is 2.05 bits per heavy atom. The molecule has 19 heavy (non-hydrogen) atoms. The number of hydrogen-bond acceptors (Lipinski definition) is 4. The Bertz CT molecular complexity index is 432. The smallest absolute Gasteiger partial charge is 0.241 e. The van der Waals surface area contributed by atoms with Gasteiger partial charge in [0, 0.05) is 12.6 Å². The normalized spacial score (nSPS) is 32.2. The van der Waals surface area contributed by atoms with Gasteiger partial charge < -0.3 is 10.0 Å². The largest absolute Gasteiger partial charge is 0.393 e. The van der Waals surface area contributed by atoms with E-state index in [4.69, 9.17) is 0 Å². The first kappa shape index (κ1) is 14.8. The van der Waals surface area contributed by atoms with Crippen LogP contribution < -0.4 is 0 Å². The average molecular weight is 289 g/mol. The van der Waals surface area contributed by atoms with Crippen LogP contribution in [0.5, 0.6) is 0 Å². The summed E-state index contributed by atoms with van der Waals surface area (Å²) in [5.74, 6) is -0.0963. The zero-order chi connectivity index (χ0) is 14.0. The Labute approximate surface area is 114 Å². The second kappa shape index (κ2) is 5.79. The molecule has 0 saturated carbocycles. The monoisotopic (exact) mass is 289 g/mol. The molecule has 0 aliphatic carbocycles. The van der Waals surface area contributed by atoms with E-state index in [0.717, 1.165) is 19.3 Å². The lowest BCUT2D eigenvalue weighted by Crippen LogP contribution is -2.47. The van der Waals surface area contributed by atoms with E-state index >= 15 is 0 Å². The number of sulfone groups is 1. The third kappa shape index (κ3) is 3.28. The molecule has 110 valence electrons. The molecule has 0 aromatic carbocycles. The maximum Gasteiger partial charge on any atom is 0.241 e. The number of carbonyl (C=O) groups excluding carboxylic acids is 1. The van der Waals surface area contributed by atoms with Crippen LogP contribution in [-0.4, -0.2) is 54.0 Å². The molecule has 0 spiro atoms. The number of aliphatic hydroxyl groups excluding tert-OH is 1. The van der Waals surface area contributed by atoms with Crippen LogP contribution >= 0.6 is 0 Å². The zero-order valence-corrected chi connectivity index (χ0v) is 12.2. The molecular formula is C13H23NO4S. The van der Waals surface area contributed by atoms with Gasteiger partial charge in [0.2, 0.25) is 5.91 Å². The molecule has 2 aliphatic rings. The summed E-state index contributed by atoms with van der Waals surface area (Å²) in [6.45, 7) is 2.33. The molecule has 2 aliphatic heterocycles. The van der Waals surface area contributed by atoms with Gasteiger partial charge in [0.1, 0.15) is 5.25 Å². The fourth-order valence-corrected chi connectivity index (χ4v) is 5.04. The molecule has 3 atom stereocenters. The molecule has 6 heteroatoms. The summed E-state index contributed by atoms with van der Waals surface area (Å²) in [6.07, 6.45) is 3.78. The highest BCUT2D eigenvalue weighted by atomic mass is 32.2. The van der Waals surface area contributed by atoms with Crippen molar-refractivity contribution < 1.29 is 18.3 Å². The van der Waals surface area contributed by atoms with E-state index in [1.54, 1.807) is 11.8 Å². The van der Waals surface area contributed by atoms with Gasteiger partial charge in [-0.25, -0.2) is 8.42 Å². The van der Waals surface area contributed by atoms with Crippen molar-refractivity contribution in [3.63, 3.8) is 0 Å². The minimum atomic E-state index is -3.27. The van der Waals surface area contributed by atoms with Crippen LogP contribution in [0.3, 0.4) is 0 Å². The van der Waals surface area contributed by atoms with Crippen molar-refractivity contribution in [2.24, 2.45) is 0 Å². The van der Waals surface area contributed by atoms with Gasteiger partial charge in [-0.1, -0.05) is 6.42 Å². The van der Waals surface area contributed by atoms with Gasteiger partial charge in [0.05, 0.1) is 11.9 Å². The molecule has 2 rings (SSSR count). The number of aliphatic hydroxyl groups is 1. The predicted molar refractivity (Wildman–Crippen MR) is 72.5 cm³/mol. The molecule has 0 radical (unpaired) electrons. The average Bonchev–Trinajstić information content (AvgIpc) is 2.75. The van der Waals surface area contributed by atoms with Crippen LogP contribution in [0.1, 0.15) is 45.4 Å². The number of carbonyl (C=O) groups is 1. The Balaban J connectivity index is 2.09. The molecule has 5 nitrogen and oxygen atoms in total. The van der Waals surface area contributed by atoms with E-state index in [9.17, 15) is 18.3 Å². The predicted octanol–water partition coefficient (Wildman–Crippen LogP) is 0.716. The molecule has 0 aromatic rings. The van der Waals surface area contributed by atoms with Crippen LogP contribution in [0.15, 0.2) is 0 Å². The third-order valence-electron chi connectivity index (χ3n) is 4.13. The highest BCUT2D eigenvalue weighted by molar-refractivity contribution is 7.92. The molecule has 2 fully saturated rings. The molecular weight excluding hydrogens is 266 g/mol. The molecule has 0 bridgehead atoms. The van der Waals surface area contributed by atoms with Crippen LogP contribution in [0.2, 0.25) is 0 Å². The second-order valence-electron chi connectivity index (χ2n) is 5.76. The van der Waals surface area contributed by atoms with Crippen LogP contribution in [-0.2, 0) is 14.6 Å². The second-order valence-corrected chi connectivity index (χ2v) is 8.07. The van der Waals surface area contributed by atoms with Crippen LogP contribution in [0, 0.1) is 0 Å². The van der Waals surface area contributed by atoms with Gasteiger partial charge in [-0.15, -0.1) is 0 Å². The van der Waals surface area contributed by atoms with Gasteiger partial charge >= 0.3 is 0 Å². The SMILES string of the molecule is CC(O)CC1CCCN1C(=O)C1CCCCS1(=O)=O. The summed E-state index contributed by atoms with van der Waals surface area (Å²) >= 11 is 0. The molecule has 3 unspecified atom stereocenters. The van der Waals surface area contributed by atoms with Crippen molar-refractivity contribution in [2.45, 2.75) is 62.8 Å². The van der Waals surface area contributed by atoms with E-state index in [0.29, 0.717) is 25.8 Å². The van der Waals surface area contributed by atoms with E-state index in [1.165, 1.54) is 0 Å². The summed E-state index contributed by atoms with van der Waals surface area (Å²) in [4.78, 5) is 14.2. The van der Waals surface area contributed by atoms with Crippen molar-refractivity contribution >= 4 is 15.7 Å². The number of nitrogens with zero attached hydrogens (tertiary/aromatic N) is 1. The molecule has 2 saturated heterocycles. The molecule has 2 heterocycles. The van der Waals surface area contributed by atoms with Gasteiger partial charge in [0.25, 0.3) is 0 Å². The molecule has 0 aromatic heterocycles. The molecule has 1 amide bonds. The van der Waals surface area contributed by atoms with Crippen molar-refractivity contribution in [1.29, 1.82) is 0 Å². The summed E-state index contributed by atoms with van der Waals surface area (Å²) < 4.78 is 24.0. The van der Waals surface area contributed by atoms with Crippen LogP contribution in [0.25, 0.3) is 0 Å². The quantitative estimate of drug-likeness (QED) is 0.830. The first-order chi connectivity index (χ1) is 8.92. The zero-order valence-electron chi connectivity index (χ0n) is 11.4. The van der Waals surface area contributed by atoms with Crippen molar-refractivity contribution in [3.05, 3.63) is 0 Å². The Morgan fingerprint density at radius 1 is 1.32 bits per heavy atom. The van der Waals surface area contributed by atoms with E-state index in [1.807, 2.05) is 0 Å². The minimum Gasteiger partial charge on any atom is -0.393 e. The Kier molecular flexibility index (Phi) is 4.50. The first-order valence-corrected chi connectivity index (χ1v) is 8.83. The first-order valence-electron chi connectivity index (χ1n) is 7.12. The van der Waals surface area contributed by atoms with Gasteiger partial charge in [-0.05, 0) is 39.0 Å². The van der Waals surface area contributed by atoms with E-state index in [2.05, 4.69) is 0 Å². The topological polar surface area (TPSA) is 74.7 Å². The summed E-state index contributed by atoms with van der Waals surface area (Å²) in [5.41, 5.74) is 0. The summed E-state index contributed by atoms with van der Waals surface area (Å²) in [5, 5.41) is 8.63. The summed E-state index contributed by atoms with van der Waals surface area (Å²) in [6, 6.07) is 0.00428.